The number of benzene rings is 1. The molecule has 0 radical (unpaired) electrons. The van der Waals surface area contributed by atoms with E-state index in [0.717, 1.165) is 26.1 Å². The van der Waals surface area contributed by atoms with Gasteiger partial charge in [0, 0.05) is 6.54 Å². The molecule has 0 spiro atoms. The van der Waals surface area contributed by atoms with Gasteiger partial charge in [-0.3, -0.25) is 4.79 Å². The predicted octanol–water partition coefficient (Wildman–Crippen LogP) is 3.73. The number of thioether (sulfide) groups is 1. The molecular formula is C19H26F2N4OS. The Bertz CT molecular complexity index is 744. The quantitative estimate of drug-likeness (QED) is 0.546. The number of imidazole rings is 1. The summed E-state index contributed by atoms with van der Waals surface area (Å²) < 4.78 is 27.2. The van der Waals surface area contributed by atoms with Crippen molar-refractivity contribution in [1.82, 2.24) is 19.8 Å². The maximum atomic E-state index is 12.8. The van der Waals surface area contributed by atoms with Gasteiger partial charge in [0.1, 0.15) is 6.54 Å². The van der Waals surface area contributed by atoms with Crippen LogP contribution in [0.5, 0.6) is 0 Å². The Kier molecular flexibility index (Phi) is 7.46. The molecule has 1 aliphatic rings. The van der Waals surface area contributed by atoms with Crippen molar-refractivity contribution < 1.29 is 13.6 Å². The SMILES string of the molecule is O=C(Cn1c(SC(F)F)nc2ccccc21)NCCCN1CCCCCC1. The van der Waals surface area contributed by atoms with Crippen LogP contribution in [0.2, 0.25) is 0 Å². The molecule has 0 bridgehead atoms. The number of carbonyl (C=O) groups excluding carboxylic acids is 1. The number of para-hydroxylation sites is 2. The van der Waals surface area contributed by atoms with Crippen LogP contribution in [0.15, 0.2) is 29.4 Å². The molecule has 2 heterocycles. The summed E-state index contributed by atoms with van der Waals surface area (Å²) in [5.74, 6) is -2.75. The number of nitrogens with zero attached hydrogens (tertiary/aromatic N) is 3. The Hall–Kier alpha value is -1.67. The van der Waals surface area contributed by atoms with Crippen LogP contribution in [-0.4, -0.2) is 52.3 Å². The van der Waals surface area contributed by atoms with Crippen LogP contribution >= 0.6 is 11.8 Å². The summed E-state index contributed by atoms with van der Waals surface area (Å²) in [5, 5.41) is 3.08. The smallest absolute Gasteiger partial charge is 0.291 e. The zero-order chi connectivity index (χ0) is 19.1. The van der Waals surface area contributed by atoms with Crippen molar-refractivity contribution in [3.05, 3.63) is 24.3 Å². The summed E-state index contributed by atoms with van der Waals surface area (Å²) in [6.07, 6.45) is 6.03. The Morgan fingerprint density at radius 1 is 1.19 bits per heavy atom. The van der Waals surface area contributed by atoms with E-state index in [1.165, 1.54) is 25.7 Å². The molecule has 1 saturated heterocycles. The first-order chi connectivity index (χ1) is 13.1. The molecule has 1 aromatic carbocycles. The van der Waals surface area contributed by atoms with Crippen LogP contribution in [0.1, 0.15) is 32.1 Å². The number of rotatable bonds is 8. The minimum absolute atomic E-state index is 0.000713. The number of halogens is 2. The van der Waals surface area contributed by atoms with Crippen LogP contribution in [0.4, 0.5) is 8.78 Å². The molecule has 0 atom stereocenters. The van der Waals surface area contributed by atoms with Gasteiger partial charge in [0.15, 0.2) is 5.16 Å². The van der Waals surface area contributed by atoms with Gasteiger partial charge in [0.2, 0.25) is 5.91 Å². The van der Waals surface area contributed by atoms with E-state index in [1.807, 2.05) is 6.07 Å². The summed E-state index contributed by atoms with van der Waals surface area (Å²) >= 11 is 0.374. The zero-order valence-electron chi connectivity index (χ0n) is 15.4. The lowest BCUT2D eigenvalue weighted by Crippen LogP contribution is -2.32. The molecule has 27 heavy (non-hydrogen) atoms. The Labute approximate surface area is 162 Å². The molecule has 148 valence electrons. The highest BCUT2D eigenvalue weighted by molar-refractivity contribution is 7.99. The normalized spacial score (nSPS) is 16.0. The second-order valence-electron chi connectivity index (χ2n) is 6.81. The van der Waals surface area contributed by atoms with Crippen molar-refractivity contribution >= 4 is 28.7 Å². The highest BCUT2D eigenvalue weighted by Gasteiger charge is 2.17. The van der Waals surface area contributed by atoms with Crippen LogP contribution < -0.4 is 5.32 Å². The lowest BCUT2D eigenvalue weighted by molar-refractivity contribution is -0.121. The fourth-order valence-electron chi connectivity index (χ4n) is 3.47. The number of carbonyl (C=O) groups is 1. The predicted molar refractivity (Wildman–Crippen MR) is 104 cm³/mol. The number of alkyl halides is 2. The van der Waals surface area contributed by atoms with Crippen molar-refractivity contribution in [3.63, 3.8) is 0 Å². The van der Waals surface area contributed by atoms with Gasteiger partial charge in [-0.05, 0) is 62.8 Å². The largest absolute Gasteiger partial charge is 0.355 e. The van der Waals surface area contributed by atoms with E-state index < -0.39 is 5.76 Å². The first-order valence-corrected chi connectivity index (χ1v) is 10.4. The summed E-state index contributed by atoms with van der Waals surface area (Å²) in [7, 11) is 0. The molecule has 1 amide bonds. The van der Waals surface area contributed by atoms with Crippen molar-refractivity contribution in [2.24, 2.45) is 0 Å². The van der Waals surface area contributed by atoms with Crippen molar-refractivity contribution in [1.29, 1.82) is 0 Å². The molecule has 0 saturated carbocycles. The average molecular weight is 397 g/mol. The second kappa shape index (κ2) is 10.0. The van der Waals surface area contributed by atoms with E-state index in [9.17, 15) is 13.6 Å². The third-order valence-corrected chi connectivity index (χ3v) is 5.49. The van der Waals surface area contributed by atoms with Crippen molar-refractivity contribution in [2.45, 2.75) is 49.6 Å². The van der Waals surface area contributed by atoms with Gasteiger partial charge >= 0.3 is 0 Å². The minimum Gasteiger partial charge on any atom is -0.355 e. The highest BCUT2D eigenvalue weighted by Crippen LogP contribution is 2.28. The number of nitrogens with one attached hydrogen (secondary N) is 1. The molecule has 2 aromatic rings. The molecule has 1 aliphatic heterocycles. The maximum absolute atomic E-state index is 12.8. The highest BCUT2D eigenvalue weighted by atomic mass is 32.2. The van der Waals surface area contributed by atoms with Gasteiger partial charge in [0.25, 0.3) is 5.76 Å². The first kappa shape index (κ1) is 20.1. The molecule has 5 nitrogen and oxygen atoms in total. The number of aromatic nitrogens is 2. The van der Waals surface area contributed by atoms with Gasteiger partial charge in [-0.1, -0.05) is 25.0 Å². The van der Waals surface area contributed by atoms with E-state index in [1.54, 1.807) is 22.8 Å². The Morgan fingerprint density at radius 3 is 2.67 bits per heavy atom. The molecule has 1 aromatic heterocycles. The van der Waals surface area contributed by atoms with Crippen LogP contribution in [-0.2, 0) is 11.3 Å². The number of hydrogen-bond acceptors (Lipinski definition) is 4. The molecule has 0 aliphatic carbocycles. The van der Waals surface area contributed by atoms with E-state index in [4.69, 9.17) is 0 Å². The summed E-state index contributed by atoms with van der Waals surface area (Å²) in [6, 6.07) is 7.18. The minimum atomic E-state index is -2.57. The first-order valence-electron chi connectivity index (χ1n) is 9.52. The number of likely N-dealkylation sites (tertiary alicyclic amines) is 1. The maximum Gasteiger partial charge on any atom is 0.291 e. The van der Waals surface area contributed by atoms with Gasteiger partial charge in [-0.25, -0.2) is 4.98 Å². The van der Waals surface area contributed by atoms with Crippen molar-refractivity contribution in [2.75, 3.05) is 26.2 Å². The van der Waals surface area contributed by atoms with E-state index in [-0.39, 0.29) is 17.6 Å². The lowest BCUT2D eigenvalue weighted by atomic mass is 10.2. The summed E-state index contributed by atoms with van der Waals surface area (Å²) in [5.41, 5.74) is 1.31. The van der Waals surface area contributed by atoms with E-state index in [0.29, 0.717) is 29.3 Å². The molecular weight excluding hydrogens is 370 g/mol. The van der Waals surface area contributed by atoms with Crippen LogP contribution in [0.25, 0.3) is 11.0 Å². The summed E-state index contributed by atoms with van der Waals surface area (Å²) in [6.45, 7) is 3.87. The molecule has 3 rings (SSSR count). The molecule has 1 N–H and O–H groups in total. The number of fused-ring (bicyclic) bond motifs is 1. The monoisotopic (exact) mass is 396 g/mol. The van der Waals surface area contributed by atoms with Gasteiger partial charge in [0.05, 0.1) is 11.0 Å². The zero-order valence-corrected chi connectivity index (χ0v) is 16.2. The topological polar surface area (TPSA) is 50.2 Å². The Balaban J connectivity index is 1.52. The molecule has 1 fully saturated rings. The van der Waals surface area contributed by atoms with E-state index in [2.05, 4.69) is 15.2 Å². The fraction of sp³-hybridized carbons (Fsp3) is 0.579. The number of amides is 1. The standard InChI is InChI=1S/C19H26F2N4OS/c20-18(21)27-19-23-15-8-3-4-9-16(15)25(19)14-17(26)22-10-7-13-24-11-5-1-2-6-12-24/h3-4,8-9,18H,1-2,5-7,10-14H2,(H,22,26). The third kappa shape index (κ3) is 5.90. The number of hydrogen-bond donors (Lipinski definition) is 1. The Morgan fingerprint density at radius 2 is 1.93 bits per heavy atom. The lowest BCUT2D eigenvalue weighted by Gasteiger charge is -2.19. The average Bonchev–Trinajstić information content (AvgIpc) is 2.82. The molecule has 8 heteroatoms. The van der Waals surface area contributed by atoms with Gasteiger partial charge in [-0.2, -0.15) is 8.78 Å². The third-order valence-electron chi connectivity index (χ3n) is 4.79. The van der Waals surface area contributed by atoms with Gasteiger partial charge < -0.3 is 14.8 Å². The summed E-state index contributed by atoms with van der Waals surface area (Å²) in [4.78, 5) is 19.0. The second-order valence-corrected chi connectivity index (χ2v) is 7.76. The van der Waals surface area contributed by atoms with Crippen LogP contribution in [0, 0.1) is 0 Å². The molecule has 0 unspecified atom stereocenters. The fourth-order valence-corrected chi connectivity index (χ4v) is 4.07. The van der Waals surface area contributed by atoms with Crippen LogP contribution in [0.3, 0.4) is 0 Å². The van der Waals surface area contributed by atoms with E-state index >= 15 is 0 Å². The van der Waals surface area contributed by atoms with Crippen molar-refractivity contribution in [3.8, 4) is 0 Å². The van der Waals surface area contributed by atoms with Gasteiger partial charge in [-0.15, -0.1) is 0 Å².